The van der Waals surface area contributed by atoms with E-state index in [1.54, 1.807) is 0 Å². The first-order valence-electron chi connectivity index (χ1n) is 5.56. The van der Waals surface area contributed by atoms with Gasteiger partial charge < -0.3 is 5.32 Å². The van der Waals surface area contributed by atoms with E-state index >= 15 is 0 Å². The van der Waals surface area contributed by atoms with E-state index in [0.717, 1.165) is 13.1 Å². The Bertz CT molecular complexity index is 346. The summed E-state index contributed by atoms with van der Waals surface area (Å²) in [5, 5.41) is 3.48. The normalized spacial score (nSPS) is 25.1. The molecule has 1 heterocycles. The van der Waals surface area contributed by atoms with Gasteiger partial charge in [0.05, 0.1) is 0 Å². The van der Waals surface area contributed by atoms with Gasteiger partial charge in [0.2, 0.25) is 0 Å². The second-order valence-corrected chi connectivity index (χ2v) is 5.98. The minimum absolute atomic E-state index is 0.360. The Hall–Kier alpha value is -0.340. The SMILES string of the molecule is CC1(C)CNCCC1c1cccc(Br)c1. The fraction of sp³-hybridized carbons (Fsp3) is 0.538. The lowest BCUT2D eigenvalue weighted by Crippen LogP contribution is -2.41. The third-order valence-electron chi connectivity index (χ3n) is 3.38. The van der Waals surface area contributed by atoms with Crippen molar-refractivity contribution in [2.45, 2.75) is 26.2 Å². The Kier molecular flexibility index (Phi) is 3.17. The van der Waals surface area contributed by atoms with Gasteiger partial charge in [0.25, 0.3) is 0 Å². The molecule has 1 nitrogen and oxygen atoms in total. The first-order chi connectivity index (χ1) is 7.09. The third kappa shape index (κ3) is 2.43. The molecule has 1 unspecified atom stereocenters. The largest absolute Gasteiger partial charge is 0.316 e. The van der Waals surface area contributed by atoms with Gasteiger partial charge in [0, 0.05) is 11.0 Å². The summed E-state index contributed by atoms with van der Waals surface area (Å²) in [6.07, 6.45) is 1.24. The van der Waals surface area contributed by atoms with E-state index in [4.69, 9.17) is 0 Å². The van der Waals surface area contributed by atoms with Crippen molar-refractivity contribution in [2.24, 2.45) is 5.41 Å². The van der Waals surface area contributed by atoms with E-state index in [2.05, 4.69) is 59.4 Å². The number of rotatable bonds is 1. The third-order valence-corrected chi connectivity index (χ3v) is 3.88. The number of hydrogen-bond acceptors (Lipinski definition) is 1. The molecule has 0 aliphatic carbocycles. The van der Waals surface area contributed by atoms with Crippen molar-refractivity contribution in [1.82, 2.24) is 5.32 Å². The summed E-state index contributed by atoms with van der Waals surface area (Å²) >= 11 is 3.55. The molecule has 82 valence electrons. The molecule has 1 aromatic carbocycles. The maximum absolute atomic E-state index is 3.55. The molecule has 1 fully saturated rings. The second-order valence-electron chi connectivity index (χ2n) is 5.06. The summed E-state index contributed by atoms with van der Waals surface area (Å²) in [4.78, 5) is 0. The van der Waals surface area contributed by atoms with Crippen molar-refractivity contribution >= 4 is 15.9 Å². The van der Waals surface area contributed by atoms with E-state index in [0.29, 0.717) is 11.3 Å². The standard InChI is InChI=1S/C13H18BrN/c1-13(2)9-15-7-6-12(13)10-4-3-5-11(14)8-10/h3-5,8,12,15H,6-7,9H2,1-2H3. The molecule has 0 saturated carbocycles. The Labute approximate surface area is 100 Å². The summed E-state index contributed by atoms with van der Waals surface area (Å²) in [6.45, 7) is 6.96. The van der Waals surface area contributed by atoms with Gasteiger partial charge in [-0.1, -0.05) is 41.9 Å². The van der Waals surface area contributed by atoms with Crippen molar-refractivity contribution in [3.05, 3.63) is 34.3 Å². The smallest absolute Gasteiger partial charge is 0.0178 e. The van der Waals surface area contributed by atoms with Gasteiger partial charge in [0.1, 0.15) is 0 Å². The summed E-state index contributed by atoms with van der Waals surface area (Å²) < 4.78 is 1.19. The highest BCUT2D eigenvalue weighted by atomic mass is 79.9. The molecule has 0 aromatic heterocycles. The van der Waals surface area contributed by atoms with Gasteiger partial charge in [-0.05, 0) is 42.0 Å². The minimum Gasteiger partial charge on any atom is -0.316 e. The highest BCUT2D eigenvalue weighted by Crippen LogP contribution is 2.40. The molecule has 1 N–H and O–H groups in total. The molecule has 1 aromatic rings. The first-order valence-corrected chi connectivity index (χ1v) is 6.35. The van der Waals surface area contributed by atoms with Crippen LogP contribution in [-0.2, 0) is 0 Å². The Morgan fingerprint density at radius 3 is 2.87 bits per heavy atom. The van der Waals surface area contributed by atoms with Crippen LogP contribution in [0.4, 0.5) is 0 Å². The monoisotopic (exact) mass is 267 g/mol. The average molecular weight is 268 g/mol. The number of benzene rings is 1. The lowest BCUT2D eigenvalue weighted by Gasteiger charge is -2.39. The van der Waals surface area contributed by atoms with Crippen LogP contribution < -0.4 is 5.32 Å². The van der Waals surface area contributed by atoms with Gasteiger partial charge in [-0.15, -0.1) is 0 Å². The predicted molar refractivity (Wildman–Crippen MR) is 68.2 cm³/mol. The van der Waals surface area contributed by atoms with E-state index in [9.17, 15) is 0 Å². The molecule has 1 aliphatic heterocycles. The topological polar surface area (TPSA) is 12.0 Å². The fourth-order valence-corrected chi connectivity index (χ4v) is 2.93. The Balaban J connectivity index is 2.29. The first kappa shape index (κ1) is 11.2. The maximum Gasteiger partial charge on any atom is 0.0178 e. The van der Waals surface area contributed by atoms with Gasteiger partial charge in [0.15, 0.2) is 0 Å². The minimum atomic E-state index is 0.360. The zero-order chi connectivity index (χ0) is 10.9. The van der Waals surface area contributed by atoms with Crippen LogP contribution in [-0.4, -0.2) is 13.1 Å². The summed E-state index contributed by atoms with van der Waals surface area (Å²) in [6, 6.07) is 8.75. The van der Waals surface area contributed by atoms with Crippen LogP contribution in [0.15, 0.2) is 28.7 Å². The summed E-state index contributed by atoms with van der Waals surface area (Å²) in [5.41, 5.74) is 1.83. The van der Waals surface area contributed by atoms with Gasteiger partial charge in [-0.2, -0.15) is 0 Å². The molecule has 0 bridgehead atoms. The number of nitrogens with one attached hydrogen (secondary N) is 1. The van der Waals surface area contributed by atoms with Crippen molar-refractivity contribution in [3.63, 3.8) is 0 Å². The zero-order valence-electron chi connectivity index (χ0n) is 9.39. The quantitative estimate of drug-likeness (QED) is 0.821. The second kappa shape index (κ2) is 4.26. The summed E-state index contributed by atoms with van der Waals surface area (Å²) in [5.74, 6) is 0.677. The molecule has 1 aliphatic rings. The molecule has 2 heteroatoms. The van der Waals surface area contributed by atoms with Crippen molar-refractivity contribution in [2.75, 3.05) is 13.1 Å². The fourth-order valence-electron chi connectivity index (χ4n) is 2.51. The van der Waals surface area contributed by atoms with Crippen LogP contribution in [0.3, 0.4) is 0 Å². The molecule has 1 atom stereocenters. The molecule has 0 spiro atoms. The lowest BCUT2D eigenvalue weighted by atomic mass is 9.71. The average Bonchev–Trinajstić information content (AvgIpc) is 2.17. The van der Waals surface area contributed by atoms with Crippen LogP contribution >= 0.6 is 15.9 Å². The van der Waals surface area contributed by atoms with Crippen molar-refractivity contribution in [3.8, 4) is 0 Å². The highest BCUT2D eigenvalue weighted by molar-refractivity contribution is 9.10. The molecule has 0 amide bonds. The van der Waals surface area contributed by atoms with Crippen LogP contribution in [0.2, 0.25) is 0 Å². The number of piperidine rings is 1. The van der Waals surface area contributed by atoms with Crippen LogP contribution in [0.1, 0.15) is 31.7 Å². The van der Waals surface area contributed by atoms with E-state index < -0.39 is 0 Å². The highest BCUT2D eigenvalue weighted by Gasteiger charge is 2.33. The summed E-state index contributed by atoms with van der Waals surface area (Å²) in [7, 11) is 0. The predicted octanol–water partition coefficient (Wildman–Crippen LogP) is 3.55. The molecule has 1 saturated heterocycles. The Morgan fingerprint density at radius 1 is 1.40 bits per heavy atom. The number of halogens is 1. The molecule has 15 heavy (non-hydrogen) atoms. The molecular weight excluding hydrogens is 250 g/mol. The maximum atomic E-state index is 3.55. The van der Waals surface area contributed by atoms with Gasteiger partial charge >= 0.3 is 0 Å². The van der Waals surface area contributed by atoms with E-state index in [-0.39, 0.29) is 0 Å². The van der Waals surface area contributed by atoms with Crippen molar-refractivity contribution in [1.29, 1.82) is 0 Å². The Morgan fingerprint density at radius 2 is 2.20 bits per heavy atom. The van der Waals surface area contributed by atoms with Crippen LogP contribution in [0, 0.1) is 5.41 Å². The number of hydrogen-bond donors (Lipinski definition) is 1. The van der Waals surface area contributed by atoms with Crippen LogP contribution in [0.25, 0.3) is 0 Å². The molecule has 0 radical (unpaired) electrons. The van der Waals surface area contributed by atoms with E-state index in [1.807, 2.05) is 0 Å². The lowest BCUT2D eigenvalue weighted by molar-refractivity contribution is 0.219. The molecule has 2 rings (SSSR count). The van der Waals surface area contributed by atoms with E-state index in [1.165, 1.54) is 16.5 Å². The molecular formula is C13H18BrN. The van der Waals surface area contributed by atoms with Crippen molar-refractivity contribution < 1.29 is 0 Å². The van der Waals surface area contributed by atoms with Gasteiger partial charge in [-0.3, -0.25) is 0 Å². The van der Waals surface area contributed by atoms with Gasteiger partial charge in [-0.25, -0.2) is 0 Å². The van der Waals surface area contributed by atoms with Crippen LogP contribution in [0.5, 0.6) is 0 Å². The zero-order valence-corrected chi connectivity index (χ0v) is 11.0.